The highest BCUT2D eigenvalue weighted by Crippen LogP contribution is 2.46. The second-order valence-electron chi connectivity index (χ2n) is 6.67. The molecule has 0 saturated heterocycles. The van der Waals surface area contributed by atoms with Gasteiger partial charge in [0.15, 0.2) is 5.17 Å². The predicted octanol–water partition coefficient (Wildman–Crippen LogP) is 3.63. The Morgan fingerprint density at radius 1 is 1.30 bits per heavy atom. The number of benzene rings is 1. The number of carbonyl (C=O) groups excluding carboxylic acids is 2. The summed E-state index contributed by atoms with van der Waals surface area (Å²) in [6, 6.07) is 6.81. The summed E-state index contributed by atoms with van der Waals surface area (Å²) in [5.74, 6) is -0.578. The minimum atomic E-state index is -0.545. The third-order valence-electron chi connectivity index (χ3n) is 4.66. The highest BCUT2D eigenvalue weighted by molar-refractivity contribution is 8.16. The fourth-order valence-electron chi connectivity index (χ4n) is 3.34. The predicted molar refractivity (Wildman–Crippen MR) is 118 cm³/mol. The summed E-state index contributed by atoms with van der Waals surface area (Å²) in [5.41, 5.74) is 2.46. The van der Waals surface area contributed by atoms with Gasteiger partial charge in [-0.25, -0.2) is 9.79 Å². The van der Waals surface area contributed by atoms with E-state index >= 15 is 0 Å². The molecule has 0 radical (unpaired) electrons. The lowest BCUT2D eigenvalue weighted by Gasteiger charge is -2.36. The summed E-state index contributed by atoms with van der Waals surface area (Å²) in [4.78, 5) is 31.8. The van der Waals surface area contributed by atoms with Crippen molar-refractivity contribution in [2.75, 3.05) is 26.9 Å². The number of amides is 1. The van der Waals surface area contributed by atoms with E-state index in [0.29, 0.717) is 34.6 Å². The van der Waals surface area contributed by atoms with Crippen LogP contribution in [0.1, 0.15) is 31.9 Å². The van der Waals surface area contributed by atoms with Crippen molar-refractivity contribution in [1.29, 1.82) is 0 Å². The van der Waals surface area contributed by atoms with E-state index < -0.39 is 12.0 Å². The molecule has 0 aliphatic carbocycles. The van der Waals surface area contributed by atoms with Gasteiger partial charge in [-0.05, 0) is 30.9 Å². The number of thioether (sulfide) groups is 1. The molecule has 2 aliphatic heterocycles. The normalized spacial score (nSPS) is 18.0. The largest absolute Gasteiger partial charge is 0.460 e. The number of ether oxygens (including phenoxy) is 2. The Balaban J connectivity index is 2.02. The van der Waals surface area contributed by atoms with E-state index in [0.717, 1.165) is 11.3 Å². The lowest BCUT2D eigenvalue weighted by atomic mass is 9.93. The molecule has 1 N–H and O–H groups in total. The standard InChI is InChI=1S/C21H24ClN3O4S/c1-4-23-17(26)11-14-12-30-21-24-13(2)18(20(27)29-10-9-28-3)19(25(14)21)15-7-5-6-8-16(15)22/h5-8,12,19H,4,9-11H2,1-3H3,(H,23,26). The highest BCUT2D eigenvalue weighted by atomic mass is 35.5. The van der Waals surface area contributed by atoms with E-state index in [2.05, 4.69) is 10.3 Å². The molecule has 2 aliphatic rings. The summed E-state index contributed by atoms with van der Waals surface area (Å²) in [7, 11) is 1.54. The molecule has 1 unspecified atom stereocenters. The van der Waals surface area contributed by atoms with E-state index in [9.17, 15) is 9.59 Å². The third-order valence-corrected chi connectivity index (χ3v) is 5.89. The molecule has 1 atom stereocenters. The average molecular weight is 450 g/mol. The molecular formula is C21H24ClN3O4S. The lowest BCUT2D eigenvalue weighted by molar-refractivity contribution is -0.141. The molecule has 1 aromatic carbocycles. The van der Waals surface area contributed by atoms with Crippen LogP contribution in [0.5, 0.6) is 0 Å². The van der Waals surface area contributed by atoms with E-state index in [1.54, 1.807) is 20.1 Å². The smallest absolute Gasteiger partial charge is 0.338 e. The van der Waals surface area contributed by atoms with Gasteiger partial charge in [0, 0.05) is 24.4 Å². The van der Waals surface area contributed by atoms with E-state index in [1.807, 2.05) is 35.4 Å². The van der Waals surface area contributed by atoms with Gasteiger partial charge in [-0.15, -0.1) is 0 Å². The first-order valence-electron chi connectivity index (χ1n) is 9.59. The number of allylic oxidation sites excluding steroid dienone is 1. The number of hydrogen-bond acceptors (Lipinski definition) is 7. The van der Waals surface area contributed by atoms with Crippen LogP contribution in [0, 0.1) is 0 Å². The van der Waals surface area contributed by atoms with Crippen molar-refractivity contribution in [1.82, 2.24) is 10.2 Å². The number of amidine groups is 1. The zero-order chi connectivity index (χ0) is 21.7. The molecule has 0 saturated carbocycles. The fourth-order valence-corrected chi connectivity index (χ4v) is 4.54. The van der Waals surface area contributed by atoms with Crippen molar-refractivity contribution in [2.24, 2.45) is 4.99 Å². The number of aliphatic imine (C=N–C) groups is 1. The SMILES string of the molecule is CCNC(=O)CC1=CSC2=NC(C)=C(C(=O)OCCOC)C(c3ccccc3Cl)N12. The van der Waals surface area contributed by atoms with Crippen molar-refractivity contribution in [3.8, 4) is 0 Å². The van der Waals surface area contributed by atoms with Gasteiger partial charge in [0.25, 0.3) is 0 Å². The third kappa shape index (κ3) is 4.71. The molecule has 0 spiro atoms. The topological polar surface area (TPSA) is 80.2 Å². The van der Waals surface area contributed by atoms with E-state index in [4.69, 9.17) is 21.1 Å². The monoisotopic (exact) mass is 449 g/mol. The molecule has 3 rings (SSSR count). The number of esters is 1. The number of fused-ring (bicyclic) bond motifs is 1. The van der Waals surface area contributed by atoms with Gasteiger partial charge in [-0.2, -0.15) is 0 Å². The molecule has 1 aromatic rings. The Labute approximate surface area is 185 Å². The number of methoxy groups -OCH3 is 1. The van der Waals surface area contributed by atoms with Crippen LogP contribution in [0.25, 0.3) is 0 Å². The minimum absolute atomic E-state index is 0.0981. The molecule has 2 heterocycles. The van der Waals surface area contributed by atoms with Crippen LogP contribution in [-0.4, -0.2) is 48.8 Å². The van der Waals surface area contributed by atoms with Crippen LogP contribution in [0.4, 0.5) is 0 Å². The van der Waals surface area contributed by atoms with Gasteiger partial charge in [0.2, 0.25) is 5.91 Å². The first-order chi connectivity index (χ1) is 14.5. The maximum atomic E-state index is 13.0. The Morgan fingerprint density at radius 3 is 2.77 bits per heavy atom. The second kappa shape index (κ2) is 10.1. The number of nitrogens with one attached hydrogen (secondary N) is 1. The van der Waals surface area contributed by atoms with Gasteiger partial charge in [-0.1, -0.05) is 41.6 Å². The maximum Gasteiger partial charge on any atom is 0.338 e. The summed E-state index contributed by atoms with van der Waals surface area (Å²) < 4.78 is 10.4. The van der Waals surface area contributed by atoms with E-state index in [1.165, 1.54) is 11.8 Å². The zero-order valence-electron chi connectivity index (χ0n) is 17.1. The maximum absolute atomic E-state index is 13.0. The van der Waals surface area contributed by atoms with Crippen LogP contribution in [0.3, 0.4) is 0 Å². The summed E-state index contributed by atoms with van der Waals surface area (Å²) >= 11 is 7.95. The molecule has 1 amide bonds. The molecule has 0 aromatic heterocycles. The Morgan fingerprint density at radius 2 is 2.07 bits per heavy atom. The molecule has 0 bridgehead atoms. The number of hydrogen-bond donors (Lipinski definition) is 1. The first kappa shape index (κ1) is 22.4. The van der Waals surface area contributed by atoms with Gasteiger partial charge >= 0.3 is 5.97 Å². The van der Waals surface area contributed by atoms with Crippen molar-refractivity contribution in [2.45, 2.75) is 26.3 Å². The van der Waals surface area contributed by atoms with Crippen molar-refractivity contribution < 1.29 is 19.1 Å². The minimum Gasteiger partial charge on any atom is -0.460 e. The summed E-state index contributed by atoms with van der Waals surface area (Å²) in [6.07, 6.45) is 0.172. The van der Waals surface area contributed by atoms with Gasteiger partial charge in [0.05, 0.1) is 30.3 Å². The molecular weight excluding hydrogens is 426 g/mol. The highest BCUT2D eigenvalue weighted by Gasteiger charge is 2.41. The number of rotatable bonds is 8. The van der Waals surface area contributed by atoms with Gasteiger partial charge < -0.3 is 19.7 Å². The van der Waals surface area contributed by atoms with Crippen LogP contribution in [0.15, 0.2) is 51.6 Å². The molecule has 9 heteroatoms. The fraction of sp³-hybridized carbons (Fsp3) is 0.381. The van der Waals surface area contributed by atoms with Crippen LogP contribution in [0.2, 0.25) is 5.02 Å². The number of halogens is 1. The second-order valence-corrected chi connectivity index (χ2v) is 7.92. The Bertz CT molecular complexity index is 929. The molecule has 0 fully saturated rings. The van der Waals surface area contributed by atoms with Crippen molar-refractivity contribution in [3.05, 3.63) is 57.2 Å². The van der Waals surface area contributed by atoms with Gasteiger partial charge in [0.1, 0.15) is 6.61 Å². The number of carbonyl (C=O) groups is 2. The van der Waals surface area contributed by atoms with Gasteiger partial charge in [-0.3, -0.25) is 4.79 Å². The van der Waals surface area contributed by atoms with Crippen LogP contribution in [-0.2, 0) is 19.1 Å². The molecule has 160 valence electrons. The quantitative estimate of drug-likeness (QED) is 0.482. The lowest BCUT2D eigenvalue weighted by Crippen LogP contribution is -2.38. The van der Waals surface area contributed by atoms with Crippen LogP contribution < -0.4 is 5.32 Å². The Hall–Kier alpha value is -2.29. The van der Waals surface area contributed by atoms with E-state index in [-0.39, 0.29) is 18.9 Å². The average Bonchev–Trinajstić information content (AvgIpc) is 3.09. The van der Waals surface area contributed by atoms with Crippen molar-refractivity contribution in [3.63, 3.8) is 0 Å². The Kier molecular flexibility index (Phi) is 7.58. The van der Waals surface area contributed by atoms with Crippen molar-refractivity contribution >= 4 is 40.4 Å². The van der Waals surface area contributed by atoms with Crippen LogP contribution >= 0.6 is 23.4 Å². The number of nitrogens with zero attached hydrogens (tertiary/aromatic N) is 2. The molecule has 7 nitrogen and oxygen atoms in total. The first-order valence-corrected chi connectivity index (χ1v) is 10.8. The summed E-state index contributed by atoms with van der Waals surface area (Å²) in [6.45, 7) is 4.63. The summed E-state index contributed by atoms with van der Waals surface area (Å²) in [5, 5.41) is 5.93. The zero-order valence-corrected chi connectivity index (χ0v) is 18.7. The molecule has 30 heavy (non-hydrogen) atoms.